The van der Waals surface area contributed by atoms with E-state index in [0.29, 0.717) is 22.9 Å². The van der Waals surface area contributed by atoms with Crippen molar-refractivity contribution in [2.24, 2.45) is 5.92 Å². The van der Waals surface area contributed by atoms with Crippen LogP contribution in [0.1, 0.15) is 43.2 Å². The summed E-state index contributed by atoms with van der Waals surface area (Å²) in [6, 6.07) is 8.06. The Morgan fingerprint density at radius 3 is 2.41 bits per heavy atom. The van der Waals surface area contributed by atoms with E-state index in [9.17, 15) is 14.4 Å². The van der Waals surface area contributed by atoms with Gasteiger partial charge >= 0.3 is 0 Å². The molecule has 0 saturated heterocycles. The first-order chi connectivity index (χ1) is 12.8. The molecule has 6 heteroatoms. The SMILES string of the molecule is CC(=O)c1ccc(NC(=O)COc2c(C)n(CCC(C)C)ccc2=O)cc1. The Morgan fingerprint density at radius 1 is 1.15 bits per heavy atom. The zero-order chi connectivity index (χ0) is 20.0. The maximum atomic E-state index is 12.1. The van der Waals surface area contributed by atoms with Crippen molar-refractivity contribution in [2.45, 2.75) is 40.7 Å². The van der Waals surface area contributed by atoms with E-state index in [-0.39, 0.29) is 29.5 Å². The standard InChI is InChI=1S/C21H26N2O4/c1-14(2)9-11-23-12-10-19(25)21(15(23)3)27-13-20(26)22-18-7-5-17(6-8-18)16(4)24/h5-8,10,12,14H,9,11,13H2,1-4H3,(H,22,26). The van der Waals surface area contributed by atoms with Gasteiger partial charge in [-0.2, -0.15) is 0 Å². The molecule has 0 fully saturated rings. The van der Waals surface area contributed by atoms with E-state index >= 15 is 0 Å². The van der Waals surface area contributed by atoms with Crippen LogP contribution in [0.25, 0.3) is 0 Å². The number of carbonyl (C=O) groups excluding carboxylic acids is 2. The number of hydrogen-bond acceptors (Lipinski definition) is 4. The van der Waals surface area contributed by atoms with Gasteiger partial charge in [-0.3, -0.25) is 14.4 Å². The van der Waals surface area contributed by atoms with Gasteiger partial charge in [0.25, 0.3) is 5.91 Å². The molecule has 27 heavy (non-hydrogen) atoms. The van der Waals surface area contributed by atoms with Crippen molar-refractivity contribution in [1.29, 1.82) is 0 Å². The summed E-state index contributed by atoms with van der Waals surface area (Å²) in [4.78, 5) is 35.5. The van der Waals surface area contributed by atoms with Crippen molar-refractivity contribution < 1.29 is 14.3 Å². The van der Waals surface area contributed by atoms with Gasteiger partial charge in [0.1, 0.15) is 0 Å². The van der Waals surface area contributed by atoms with Gasteiger partial charge < -0.3 is 14.6 Å². The zero-order valence-corrected chi connectivity index (χ0v) is 16.2. The number of ether oxygens (including phenoxy) is 1. The number of nitrogens with zero attached hydrogens (tertiary/aromatic N) is 1. The van der Waals surface area contributed by atoms with Crippen molar-refractivity contribution in [2.75, 3.05) is 11.9 Å². The van der Waals surface area contributed by atoms with Crippen molar-refractivity contribution in [1.82, 2.24) is 4.57 Å². The molecule has 0 atom stereocenters. The van der Waals surface area contributed by atoms with Crippen LogP contribution in [0, 0.1) is 12.8 Å². The van der Waals surface area contributed by atoms with Crippen LogP contribution in [0.3, 0.4) is 0 Å². The highest BCUT2D eigenvalue weighted by Gasteiger charge is 2.12. The number of Topliss-reactive ketones (excluding diaryl/α,β-unsaturated/α-hetero) is 1. The van der Waals surface area contributed by atoms with Gasteiger partial charge in [-0.15, -0.1) is 0 Å². The molecule has 0 unspecified atom stereocenters. The molecule has 1 aromatic heterocycles. The summed E-state index contributed by atoms with van der Waals surface area (Å²) in [6.45, 7) is 8.10. The Bertz CT molecular complexity index is 867. The summed E-state index contributed by atoms with van der Waals surface area (Å²) in [5, 5.41) is 2.69. The third-order valence-electron chi connectivity index (χ3n) is 4.26. The number of ketones is 1. The van der Waals surface area contributed by atoms with Gasteiger partial charge in [0.05, 0.1) is 5.69 Å². The number of aromatic nitrogens is 1. The number of aryl methyl sites for hydroxylation is 1. The van der Waals surface area contributed by atoms with Gasteiger partial charge in [-0.1, -0.05) is 13.8 Å². The average molecular weight is 370 g/mol. The molecule has 1 N–H and O–H groups in total. The topological polar surface area (TPSA) is 77.4 Å². The molecule has 1 amide bonds. The molecule has 0 radical (unpaired) electrons. The fourth-order valence-electron chi connectivity index (χ4n) is 2.59. The Balaban J connectivity index is 2.00. The molecular weight excluding hydrogens is 344 g/mol. The molecule has 0 bridgehead atoms. The van der Waals surface area contributed by atoms with Crippen molar-refractivity contribution in [3.05, 3.63) is 58.0 Å². The van der Waals surface area contributed by atoms with Crippen LogP contribution in [-0.2, 0) is 11.3 Å². The Kier molecular flexibility index (Phi) is 6.93. The van der Waals surface area contributed by atoms with Gasteiger partial charge in [0.15, 0.2) is 18.1 Å². The van der Waals surface area contributed by atoms with E-state index in [1.807, 2.05) is 11.5 Å². The van der Waals surface area contributed by atoms with E-state index in [0.717, 1.165) is 13.0 Å². The number of hydrogen-bond donors (Lipinski definition) is 1. The second kappa shape index (κ2) is 9.16. The van der Waals surface area contributed by atoms with Crippen molar-refractivity contribution in [3.8, 4) is 5.75 Å². The Morgan fingerprint density at radius 2 is 1.81 bits per heavy atom. The number of pyridine rings is 1. The van der Waals surface area contributed by atoms with E-state index in [4.69, 9.17) is 4.74 Å². The lowest BCUT2D eigenvalue weighted by molar-refractivity contribution is -0.118. The minimum absolute atomic E-state index is 0.0375. The van der Waals surface area contributed by atoms with Crippen molar-refractivity contribution >= 4 is 17.4 Å². The fourth-order valence-corrected chi connectivity index (χ4v) is 2.59. The maximum Gasteiger partial charge on any atom is 0.262 e. The highest BCUT2D eigenvalue weighted by molar-refractivity contribution is 5.95. The van der Waals surface area contributed by atoms with Crippen LogP contribution in [0.5, 0.6) is 5.75 Å². The highest BCUT2D eigenvalue weighted by Crippen LogP contribution is 2.14. The van der Waals surface area contributed by atoms with Gasteiger partial charge in [-0.05, 0) is 50.5 Å². The number of rotatable bonds is 8. The largest absolute Gasteiger partial charge is 0.478 e. The number of benzene rings is 1. The molecule has 0 aliphatic heterocycles. The lowest BCUT2D eigenvalue weighted by Gasteiger charge is -2.15. The third-order valence-corrected chi connectivity index (χ3v) is 4.26. The van der Waals surface area contributed by atoms with E-state index in [1.54, 1.807) is 30.5 Å². The lowest BCUT2D eigenvalue weighted by atomic mass is 10.1. The first kappa shape index (κ1) is 20.4. The van der Waals surface area contributed by atoms with E-state index < -0.39 is 0 Å². The lowest BCUT2D eigenvalue weighted by Crippen LogP contribution is -2.23. The highest BCUT2D eigenvalue weighted by atomic mass is 16.5. The summed E-state index contributed by atoms with van der Waals surface area (Å²) in [5.41, 5.74) is 1.60. The quantitative estimate of drug-likeness (QED) is 0.722. The Labute approximate surface area is 159 Å². The number of anilines is 1. The van der Waals surface area contributed by atoms with Crippen LogP contribution < -0.4 is 15.5 Å². The molecule has 0 aliphatic rings. The zero-order valence-electron chi connectivity index (χ0n) is 16.2. The molecule has 0 spiro atoms. The normalized spacial score (nSPS) is 10.7. The molecule has 2 aromatic rings. The Hall–Kier alpha value is -2.89. The van der Waals surface area contributed by atoms with Crippen molar-refractivity contribution in [3.63, 3.8) is 0 Å². The first-order valence-electron chi connectivity index (χ1n) is 9.01. The molecule has 1 heterocycles. The van der Waals surface area contributed by atoms with Crippen LogP contribution in [0.2, 0.25) is 0 Å². The molecular formula is C21H26N2O4. The summed E-state index contributed by atoms with van der Waals surface area (Å²) in [5.74, 6) is 0.336. The molecule has 144 valence electrons. The van der Waals surface area contributed by atoms with Crippen LogP contribution in [0.15, 0.2) is 41.3 Å². The minimum Gasteiger partial charge on any atom is -0.478 e. The smallest absolute Gasteiger partial charge is 0.262 e. The maximum absolute atomic E-state index is 12.1. The second-order valence-electron chi connectivity index (χ2n) is 6.94. The summed E-state index contributed by atoms with van der Waals surface area (Å²) < 4.78 is 7.48. The van der Waals surface area contributed by atoms with Crippen LogP contribution in [-0.4, -0.2) is 22.9 Å². The van der Waals surface area contributed by atoms with Gasteiger partial charge in [0.2, 0.25) is 5.43 Å². The van der Waals surface area contributed by atoms with Crippen LogP contribution in [0.4, 0.5) is 5.69 Å². The predicted octanol–water partition coefficient (Wildman–Crippen LogP) is 3.42. The molecule has 2 rings (SSSR count). The molecule has 1 aromatic carbocycles. The number of carbonyl (C=O) groups is 2. The van der Waals surface area contributed by atoms with E-state index in [1.165, 1.54) is 13.0 Å². The first-order valence-corrected chi connectivity index (χ1v) is 9.01. The summed E-state index contributed by atoms with van der Waals surface area (Å²) in [7, 11) is 0. The second-order valence-corrected chi connectivity index (χ2v) is 6.94. The summed E-state index contributed by atoms with van der Waals surface area (Å²) in [6.07, 6.45) is 2.74. The number of nitrogens with one attached hydrogen (secondary N) is 1. The van der Waals surface area contributed by atoms with Crippen LogP contribution >= 0.6 is 0 Å². The fraction of sp³-hybridized carbons (Fsp3) is 0.381. The monoisotopic (exact) mass is 370 g/mol. The predicted molar refractivity (Wildman–Crippen MR) is 105 cm³/mol. The minimum atomic E-state index is -0.373. The third kappa shape index (κ3) is 5.81. The average Bonchev–Trinajstić information content (AvgIpc) is 2.61. The molecule has 6 nitrogen and oxygen atoms in total. The van der Waals surface area contributed by atoms with E-state index in [2.05, 4.69) is 19.2 Å². The molecule has 0 aliphatic carbocycles. The van der Waals surface area contributed by atoms with Gasteiger partial charge in [-0.25, -0.2) is 0 Å². The van der Waals surface area contributed by atoms with Gasteiger partial charge in [0, 0.05) is 30.1 Å². The number of amides is 1. The summed E-state index contributed by atoms with van der Waals surface area (Å²) >= 11 is 0. The molecule has 0 saturated carbocycles.